The lowest BCUT2D eigenvalue weighted by Gasteiger charge is -2.14. The molecule has 0 radical (unpaired) electrons. The third-order valence-corrected chi connectivity index (χ3v) is 7.25. The van der Waals surface area contributed by atoms with Crippen molar-refractivity contribution in [1.29, 1.82) is 0 Å². The van der Waals surface area contributed by atoms with Crippen molar-refractivity contribution >= 4 is 55.2 Å². The summed E-state index contributed by atoms with van der Waals surface area (Å²) >= 11 is 3.28. The van der Waals surface area contributed by atoms with Crippen molar-refractivity contribution in [3.63, 3.8) is 0 Å². The van der Waals surface area contributed by atoms with Crippen LogP contribution < -0.4 is 0 Å². The van der Waals surface area contributed by atoms with Crippen molar-refractivity contribution in [3.8, 4) is 5.88 Å². The Labute approximate surface area is 225 Å². The second-order valence-electron chi connectivity index (χ2n) is 8.08. The molecule has 0 aliphatic rings. The number of alkyl halides is 1. The highest BCUT2D eigenvalue weighted by molar-refractivity contribution is 9.09. The fourth-order valence-electron chi connectivity index (χ4n) is 3.89. The maximum atomic E-state index is 12.7. The first-order chi connectivity index (χ1) is 17.8. The van der Waals surface area contributed by atoms with Crippen molar-refractivity contribution in [1.82, 2.24) is 9.45 Å². The number of aliphatic imine (C=N–C) groups is 1. The van der Waals surface area contributed by atoms with Crippen molar-refractivity contribution in [2.24, 2.45) is 4.99 Å². The lowest BCUT2D eigenvalue weighted by molar-refractivity contribution is -0.0512. The highest BCUT2D eigenvalue weighted by Crippen LogP contribution is 2.33. The Morgan fingerprint density at radius 1 is 1.14 bits per heavy atom. The van der Waals surface area contributed by atoms with E-state index in [1.54, 1.807) is 37.4 Å². The maximum Gasteiger partial charge on any atom is 0.338 e. The van der Waals surface area contributed by atoms with Crippen molar-refractivity contribution in [2.75, 3.05) is 26.1 Å². The summed E-state index contributed by atoms with van der Waals surface area (Å²) in [4.78, 5) is 26.0. The third-order valence-electron chi connectivity index (χ3n) is 5.68. The highest BCUT2D eigenvalue weighted by atomic mass is 79.9. The molecule has 10 heteroatoms. The number of H-pyrrole nitrogens is 1. The van der Waals surface area contributed by atoms with Gasteiger partial charge in [0.15, 0.2) is 16.9 Å². The Bertz CT molecular complexity index is 1470. The van der Waals surface area contributed by atoms with Crippen LogP contribution in [-0.2, 0) is 20.6 Å². The van der Waals surface area contributed by atoms with E-state index in [-0.39, 0.29) is 5.88 Å². The zero-order chi connectivity index (χ0) is 26.5. The summed E-state index contributed by atoms with van der Waals surface area (Å²) < 4.78 is 18.9. The van der Waals surface area contributed by atoms with Gasteiger partial charge in [0.05, 0.1) is 41.1 Å². The number of aromatic hydroxyl groups is 1. The zero-order valence-electron chi connectivity index (χ0n) is 20.5. The average molecular weight is 584 g/mol. The molecule has 3 aromatic carbocycles. The standard InChI is InChI=1S/C27H26BrN3O5S/c1-17-15-22-23(16-21(17)27(33)35-3)30-26(32)24(22)25(18-7-5-4-6-8-18)29-19-9-11-20(12-10-19)37(34)31(2)36-14-13-28/h4-12,15-16,30,32H,13-14H2,1-3H3. The van der Waals surface area contributed by atoms with Crippen LogP contribution in [0.25, 0.3) is 10.9 Å². The minimum absolute atomic E-state index is 0.0673. The van der Waals surface area contributed by atoms with Crippen LogP contribution in [0.4, 0.5) is 5.69 Å². The molecule has 0 aliphatic heterocycles. The number of benzene rings is 3. The van der Waals surface area contributed by atoms with Gasteiger partial charge in [-0.1, -0.05) is 46.3 Å². The van der Waals surface area contributed by atoms with E-state index < -0.39 is 17.0 Å². The Kier molecular flexibility index (Phi) is 8.55. The Morgan fingerprint density at radius 3 is 2.49 bits per heavy atom. The molecule has 0 amide bonds. The van der Waals surface area contributed by atoms with Crippen LogP contribution in [0.1, 0.15) is 27.0 Å². The van der Waals surface area contributed by atoms with E-state index in [4.69, 9.17) is 14.6 Å². The molecule has 192 valence electrons. The van der Waals surface area contributed by atoms with Gasteiger partial charge in [0.25, 0.3) is 0 Å². The summed E-state index contributed by atoms with van der Waals surface area (Å²) in [5.41, 5.74) is 4.17. The number of hydrogen-bond acceptors (Lipinski definition) is 6. The smallest absolute Gasteiger partial charge is 0.338 e. The molecule has 1 unspecified atom stereocenters. The van der Waals surface area contributed by atoms with E-state index >= 15 is 0 Å². The van der Waals surface area contributed by atoms with E-state index in [1.807, 2.05) is 43.3 Å². The summed E-state index contributed by atoms with van der Waals surface area (Å²) in [7, 11) is 1.46. The maximum absolute atomic E-state index is 12.7. The lowest BCUT2D eigenvalue weighted by Crippen LogP contribution is -2.22. The number of nitrogens with one attached hydrogen (secondary N) is 1. The molecule has 1 heterocycles. The van der Waals surface area contributed by atoms with Gasteiger partial charge >= 0.3 is 5.97 Å². The van der Waals surface area contributed by atoms with Gasteiger partial charge in [-0.05, 0) is 48.9 Å². The number of hydroxylamine groups is 1. The normalized spacial score (nSPS) is 12.7. The van der Waals surface area contributed by atoms with E-state index in [2.05, 4.69) is 20.9 Å². The van der Waals surface area contributed by atoms with E-state index in [9.17, 15) is 14.1 Å². The number of ether oxygens (including phenoxy) is 1. The quantitative estimate of drug-likeness (QED) is 0.118. The molecule has 8 nitrogen and oxygen atoms in total. The predicted octanol–water partition coefficient (Wildman–Crippen LogP) is 5.42. The van der Waals surface area contributed by atoms with Crippen LogP contribution in [-0.4, -0.2) is 56.5 Å². The number of hydrogen-bond donors (Lipinski definition) is 2. The zero-order valence-corrected chi connectivity index (χ0v) is 22.9. The molecule has 1 atom stereocenters. The van der Waals surface area contributed by atoms with Crippen LogP contribution in [0.15, 0.2) is 76.6 Å². The first-order valence-electron chi connectivity index (χ1n) is 11.4. The van der Waals surface area contributed by atoms with Crippen molar-refractivity contribution in [3.05, 3.63) is 89.0 Å². The van der Waals surface area contributed by atoms with E-state index in [0.717, 1.165) is 5.56 Å². The Morgan fingerprint density at radius 2 is 1.84 bits per heavy atom. The number of fused-ring (bicyclic) bond motifs is 1. The topological polar surface area (TPSA) is 104 Å². The second-order valence-corrected chi connectivity index (χ2v) is 10.4. The van der Waals surface area contributed by atoms with Gasteiger partial charge in [-0.15, -0.1) is 4.47 Å². The largest absolute Gasteiger partial charge is 0.494 e. The molecule has 1 aromatic heterocycles. The number of aromatic amines is 1. The van der Waals surface area contributed by atoms with Gasteiger partial charge in [-0.3, -0.25) is 4.84 Å². The summed E-state index contributed by atoms with van der Waals surface area (Å²) in [6.07, 6.45) is 0. The van der Waals surface area contributed by atoms with Gasteiger partial charge in [0, 0.05) is 28.8 Å². The highest BCUT2D eigenvalue weighted by Gasteiger charge is 2.21. The Balaban J connectivity index is 1.80. The summed E-state index contributed by atoms with van der Waals surface area (Å²) in [5.74, 6) is -0.519. The van der Waals surface area contributed by atoms with Crippen LogP contribution in [0.2, 0.25) is 0 Å². The fraction of sp³-hybridized carbons (Fsp3) is 0.185. The van der Waals surface area contributed by atoms with Crippen molar-refractivity contribution < 1.29 is 23.7 Å². The molecule has 0 spiro atoms. The molecular formula is C27H26BrN3O5S. The lowest BCUT2D eigenvalue weighted by atomic mass is 9.98. The number of aromatic nitrogens is 1. The molecule has 2 N–H and O–H groups in total. The van der Waals surface area contributed by atoms with Gasteiger partial charge < -0.3 is 14.8 Å². The first kappa shape index (κ1) is 26.7. The minimum atomic E-state index is -1.49. The summed E-state index contributed by atoms with van der Waals surface area (Å²) in [5, 5.41) is 12.3. The van der Waals surface area contributed by atoms with Crippen molar-refractivity contribution in [2.45, 2.75) is 11.8 Å². The van der Waals surface area contributed by atoms with E-state index in [0.29, 0.717) is 55.8 Å². The number of halogens is 1. The predicted molar refractivity (Wildman–Crippen MR) is 148 cm³/mol. The molecule has 37 heavy (non-hydrogen) atoms. The summed E-state index contributed by atoms with van der Waals surface area (Å²) in [6, 6.07) is 20.0. The molecule has 0 saturated carbocycles. The van der Waals surface area contributed by atoms with Crippen LogP contribution >= 0.6 is 15.9 Å². The molecule has 4 rings (SSSR count). The molecule has 0 saturated heterocycles. The average Bonchev–Trinajstić information content (AvgIpc) is 3.23. The number of nitrogens with zero attached hydrogens (tertiary/aromatic N) is 2. The molecule has 4 aromatic rings. The number of carbonyl (C=O) groups excluding carboxylic acids is 1. The van der Waals surface area contributed by atoms with Crippen LogP contribution in [0.3, 0.4) is 0 Å². The summed E-state index contributed by atoms with van der Waals surface area (Å²) in [6.45, 7) is 2.22. The fourth-order valence-corrected chi connectivity index (χ4v) is 4.87. The second kappa shape index (κ2) is 11.8. The third kappa shape index (κ3) is 5.83. The van der Waals surface area contributed by atoms with Crippen LogP contribution in [0, 0.1) is 6.92 Å². The number of methoxy groups -OCH3 is 1. The SMILES string of the molecule is COC(=O)c1cc2[nH]c(O)c(C(=Nc3ccc(S(=O)N(C)OCCBr)cc3)c3ccccc3)c2cc1C. The van der Waals surface area contributed by atoms with Gasteiger partial charge in [0.1, 0.15) is 0 Å². The molecule has 0 fully saturated rings. The Hall–Kier alpha value is -3.31. The molecular weight excluding hydrogens is 558 g/mol. The van der Waals surface area contributed by atoms with Gasteiger partial charge in [0.2, 0.25) is 0 Å². The van der Waals surface area contributed by atoms with Gasteiger partial charge in [-0.2, -0.15) is 0 Å². The van der Waals surface area contributed by atoms with Gasteiger partial charge in [-0.25, -0.2) is 14.0 Å². The molecule has 0 aliphatic carbocycles. The minimum Gasteiger partial charge on any atom is -0.494 e. The van der Waals surface area contributed by atoms with E-state index in [1.165, 1.54) is 11.6 Å². The number of rotatable bonds is 9. The number of carbonyl (C=O) groups is 1. The number of esters is 1. The first-order valence-corrected chi connectivity index (χ1v) is 13.6. The monoisotopic (exact) mass is 583 g/mol. The van der Waals surface area contributed by atoms with Crippen LogP contribution in [0.5, 0.6) is 5.88 Å². The number of aryl methyl sites for hydroxylation is 1. The molecule has 0 bridgehead atoms.